The molecule has 0 unspecified atom stereocenters. The summed E-state index contributed by atoms with van der Waals surface area (Å²) in [5.74, 6) is -1.16. The number of hydrogen-bond donors (Lipinski definition) is 0. The van der Waals surface area contributed by atoms with E-state index in [0.717, 1.165) is 35.6 Å². The SMILES string of the molecule is FC(F)(F)C1CCN(c2ccc(Br)nc2CN2CCCC2)CC1. The highest BCUT2D eigenvalue weighted by molar-refractivity contribution is 9.10. The van der Waals surface area contributed by atoms with Crippen molar-refractivity contribution in [3.8, 4) is 0 Å². The molecule has 3 heterocycles. The van der Waals surface area contributed by atoms with Gasteiger partial charge in [0, 0.05) is 19.6 Å². The van der Waals surface area contributed by atoms with Crippen molar-refractivity contribution in [1.82, 2.24) is 9.88 Å². The fourth-order valence-electron chi connectivity index (χ4n) is 3.47. The summed E-state index contributed by atoms with van der Waals surface area (Å²) in [5.41, 5.74) is 1.95. The Morgan fingerprint density at radius 1 is 1.09 bits per heavy atom. The van der Waals surface area contributed by atoms with Crippen LogP contribution in [0.3, 0.4) is 0 Å². The molecule has 1 aromatic rings. The summed E-state index contributed by atoms with van der Waals surface area (Å²) in [7, 11) is 0. The summed E-state index contributed by atoms with van der Waals surface area (Å²) in [6.45, 7) is 3.81. The molecule has 0 aliphatic carbocycles. The highest BCUT2D eigenvalue weighted by Crippen LogP contribution is 2.36. The van der Waals surface area contributed by atoms with Gasteiger partial charge in [-0.05, 0) is 66.8 Å². The number of piperidine rings is 1. The van der Waals surface area contributed by atoms with Crippen molar-refractivity contribution in [3.63, 3.8) is 0 Å². The van der Waals surface area contributed by atoms with E-state index in [9.17, 15) is 13.2 Å². The van der Waals surface area contributed by atoms with Gasteiger partial charge in [0.15, 0.2) is 0 Å². The lowest BCUT2D eigenvalue weighted by atomic mass is 9.96. The van der Waals surface area contributed by atoms with Crippen LogP contribution in [0.1, 0.15) is 31.4 Å². The second-order valence-electron chi connectivity index (χ2n) is 6.39. The highest BCUT2D eigenvalue weighted by Gasteiger charge is 2.41. The zero-order valence-electron chi connectivity index (χ0n) is 12.9. The maximum atomic E-state index is 12.8. The number of hydrogen-bond acceptors (Lipinski definition) is 3. The van der Waals surface area contributed by atoms with E-state index in [-0.39, 0.29) is 12.8 Å². The van der Waals surface area contributed by atoms with E-state index in [2.05, 4.69) is 30.7 Å². The number of nitrogens with zero attached hydrogens (tertiary/aromatic N) is 3. The lowest BCUT2D eigenvalue weighted by Crippen LogP contribution is -2.39. The molecule has 3 nitrogen and oxygen atoms in total. The number of halogens is 4. The summed E-state index contributed by atoms with van der Waals surface area (Å²) in [6.07, 6.45) is -1.31. The first-order valence-electron chi connectivity index (χ1n) is 8.13. The minimum Gasteiger partial charge on any atom is -0.370 e. The lowest BCUT2D eigenvalue weighted by molar-refractivity contribution is -0.179. The first kappa shape index (κ1) is 17.0. The Labute approximate surface area is 143 Å². The third-order valence-corrected chi connectivity index (χ3v) is 5.23. The zero-order chi connectivity index (χ0) is 16.4. The summed E-state index contributed by atoms with van der Waals surface area (Å²) < 4.78 is 39.3. The third kappa shape index (κ3) is 4.18. The molecular weight excluding hydrogens is 371 g/mol. The molecule has 0 bridgehead atoms. The largest absolute Gasteiger partial charge is 0.391 e. The van der Waals surface area contributed by atoms with E-state index < -0.39 is 12.1 Å². The molecule has 0 radical (unpaired) electrons. The molecule has 128 valence electrons. The minimum atomic E-state index is -4.07. The second-order valence-corrected chi connectivity index (χ2v) is 7.20. The average molecular weight is 392 g/mol. The molecule has 0 aromatic carbocycles. The molecule has 0 saturated carbocycles. The fourth-order valence-corrected chi connectivity index (χ4v) is 3.82. The predicted octanol–water partition coefficient (Wildman–Crippen LogP) is 4.22. The van der Waals surface area contributed by atoms with Crippen LogP contribution in [0.4, 0.5) is 18.9 Å². The van der Waals surface area contributed by atoms with Crippen LogP contribution >= 0.6 is 15.9 Å². The first-order valence-corrected chi connectivity index (χ1v) is 8.92. The van der Waals surface area contributed by atoms with Gasteiger partial charge in [0.2, 0.25) is 0 Å². The van der Waals surface area contributed by atoms with Gasteiger partial charge in [-0.2, -0.15) is 13.2 Å². The first-order chi connectivity index (χ1) is 10.9. The van der Waals surface area contributed by atoms with Crippen LogP contribution in [0.25, 0.3) is 0 Å². The van der Waals surface area contributed by atoms with Crippen molar-refractivity contribution in [2.45, 2.75) is 38.4 Å². The van der Waals surface area contributed by atoms with Crippen LogP contribution in [0.15, 0.2) is 16.7 Å². The molecular formula is C16H21BrF3N3. The smallest absolute Gasteiger partial charge is 0.370 e. The van der Waals surface area contributed by atoms with Crippen molar-refractivity contribution < 1.29 is 13.2 Å². The van der Waals surface area contributed by atoms with E-state index in [1.54, 1.807) is 0 Å². The average Bonchev–Trinajstić information content (AvgIpc) is 3.00. The highest BCUT2D eigenvalue weighted by atomic mass is 79.9. The number of alkyl halides is 3. The van der Waals surface area contributed by atoms with Gasteiger partial charge in [-0.15, -0.1) is 0 Å². The molecule has 0 N–H and O–H groups in total. The number of likely N-dealkylation sites (tertiary alicyclic amines) is 1. The Morgan fingerprint density at radius 2 is 1.74 bits per heavy atom. The van der Waals surface area contributed by atoms with Gasteiger partial charge < -0.3 is 4.90 Å². The molecule has 2 aliphatic rings. The van der Waals surface area contributed by atoms with Crippen LogP contribution in [0.2, 0.25) is 0 Å². The predicted molar refractivity (Wildman–Crippen MR) is 87.4 cm³/mol. The third-order valence-electron chi connectivity index (χ3n) is 4.79. The molecule has 0 spiro atoms. The number of aromatic nitrogens is 1. The molecule has 2 aliphatic heterocycles. The molecule has 0 amide bonds. The van der Waals surface area contributed by atoms with Gasteiger partial charge in [-0.1, -0.05) is 0 Å². The van der Waals surface area contributed by atoms with Crippen molar-refractivity contribution in [1.29, 1.82) is 0 Å². The summed E-state index contributed by atoms with van der Waals surface area (Å²) in [5, 5.41) is 0. The van der Waals surface area contributed by atoms with Gasteiger partial charge in [0.05, 0.1) is 17.3 Å². The quantitative estimate of drug-likeness (QED) is 0.719. The van der Waals surface area contributed by atoms with Crippen molar-refractivity contribution in [3.05, 3.63) is 22.4 Å². The van der Waals surface area contributed by atoms with Crippen LogP contribution in [-0.4, -0.2) is 42.2 Å². The Kier molecular flexibility index (Phi) is 5.16. The number of rotatable bonds is 3. The molecule has 3 rings (SSSR count). The molecule has 7 heteroatoms. The maximum Gasteiger partial charge on any atom is 0.391 e. The van der Waals surface area contributed by atoms with Crippen molar-refractivity contribution in [2.75, 3.05) is 31.1 Å². The Balaban J connectivity index is 1.72. The monoisotopic (exact) mass is 391 g/mol. The maximum absolute atomic E-state index is 12.8. The van der Waals surface area contributed by atoms with E-state index in [1.807, 2.05) is 12.1 Å². The lowest BCUT2D eigenvalue weighted by Gasteiger charge is -2.35. The topological polar surface area (TPSA) is 19.4 Å². The van der Waals surface area contributed by atoms with Crippen molar-refractivity contribution in [2.24, 2.45) is 5.92 Å². The van der Waals surface area contributed by atoms with E-state index in [0.29, 0.717) is 13.1 Å². The summed E-state index contributed by atoms with van der Waals surface area (Å²) in [6, 6.07) is 3.86. The second kappa shape index (κ2) is 6.97. The van der Waals surface area contributed by atoms with Crippen LogP contribution in [-0.2, 0) is 6.54 Å². The number of pyridine rings is 1. The van der Waals surface area contributed by atoms with E-state index >= 15 is 0 Å². The zero-order valence-corrected chi connectivity index (χ0v) is 14.5. The van der Waals surface area contributed by atoms with Gasteiger partial charge in [0.1, 0.15) is 4.60 Å². The van der Waals surface area contributed by atoms with Crippen LogP contribution in [0.5, 0.6) is 0 Å². The molecule has 23 heavy (non-hydrogen) atoms. The van der Waals surface area contributed by atoms with Gasteiger partial charge >= 0.3 is 6.18 Å². The fraction of sp³-hybridized carbons (Fsp3) is 0.688. The summed E-state index contributed by atoms with van der Waals surface area (Å²) >= 11 is 3.41. The van der Waals surface area contributed by atoms with Crippen LogP contribution in [0, 0.1) is 5.92 Å². The van der Waals surface area contributed by atoms with Gasteiger partial charge in [0.25, 0.3) is 0 Å². The number of anilines is 1. The molecule has 2 fully saturated rings. The van der Waals surface area contributed by atoms with E-state index in [1.165, 1.54) is 12.8 Å². The van der Waals surface area contributed by atoms with Gasteiger partial charge in [-0.3, -0.25) is 4.90 Å². The van der Waals surface area contributed by atoms with E-state index in [4.69, 9.17) is 0 Å². The molecule has 1 aromatic heterocycles. The van der Waals surface area contributed by atoms with Crippen LogP contribution < -0.4 is 4.90 Å². The Hall–Kier alpha value is -0.820. The Morgan fingerprint density at radius 3 is 2.35 bits per heavy atom. The molecule has 2 saturated heterocycles. The van der Waals surface area contributed by atoms with Crippen molar-refractivity contribution >= 4 is 21.6 Å². The normalized spacial score (nSPS) is 21.1. The standard InChI is InChI=1S/C16H21BrF3N3/c17-15-4-3-14(13(21-15)11-22-7-1-2-8-22)23-9-5-12(6-10-23)16(18,19)20/h3-4,12H,1-2,5-11H2. The molecule has 0 atom stereocenters. The summed E-state index contributed by atoms with van der Waals surface area (Å²) in [4.78, 5) is 9.02. The minimum absolute atomic E-state index is 0.169. The van der Waals surface area contributed by atoms with Gasteiger partial charge in [-0.25, -0.2) is 4.98 Å². The Bertz CT molecular complexity index is 536.